The zero-order valence-corrected chi connectivity index (χ0v) is 16.9. The van der Waals surface area contributed by atoms with Crippen molar-refractivity contribution in [3.63, 3.8) is 0 Å². The van der Waals surface area contributed by atoms with E-state index in [2.05, 4.69) is 15.8 Å². The molecule has 0 saturated heterocycles. The molecule has 5 nitrogen and oxygen atoms in total. The van der Waals surface area contributed by atoms with E-state index < -0.39 is 0 Å². The molecule has 0 atom stereocenters. The summed E-state index contributed by atoms with van der Waals surface area (Å²) >= 11 is 7.47. The fourth-order valence-corrected chi connectivity index (χ4v) is 3.43. The van der Waals surface area contributed by atoms with Crippen molar-refractivity contribution in [3.8, 4) is 0 Å². The number of amides is 2. The van der Waals surface area contributed by atoms with Crippen molar-refractivity contribution in [2.24, 2.45) is 5.10 Å². The lowest BCUT2D eigenvalue weighted by atomic mass is 10.1. The third kappa shape index (κ3) is 4.85. The molecule has 0 aliphatic carbocycles. The molecular formula is C21H18ClN3O2S. The summed E-state index contributed by atoms with van der Waals surface area (Å²) in [5.74, 6) is -0.511. The van der Waals surface area contributed by atoms with Crippen molar-refractivity contribution < 1.29 is 9.59 Å². The number of nitrogens with one attached hydrogen (secondary N) is 2. The second-order valence-corrected chi connectivity index (χ2v) is 7.75. The number of nitrogens with zero attached hydrogens (tertiary/aromatic N) is 1. The van der Waals surface area contributed by atoms with Gasteiger partial charge < -0.3 is 5.32 Å². The molecule has 2 amide bonds. The van der Waals surface area contributed by atoms with Gasteiger partial charge >= 0.3 is 0 Å². The zero-order chi connectivity index (χ0) is 20.1. The van der Waals surface area contributed by atoms with Gasteiger partial charge in [0.25, 0.3) is 11.8 Å². The maximum Gasteiger partial charge on any atom is 0.281 e. The van der Waals surface area contributed by atoms with Crippen molar-refractivity contribution in [1.82, 2.24) is 5.43 Å². The van der Waals surface area contributed by atoms with Crippen LogP contribution in [0, 0.1) is 6.92 Å². The normalized spacial score (nSPS) is 11.2. The number of hydrogen-bond donors (Lipinski definition) is 2. The maximum absolute atomic E-state index is 12.3. The van der Waals surface area contributed by atoms with Crippen molar-refractivity contribution in [1.29, 1.82) is 0 Å². The number of anilines is 1. The van der Waals surface area contributed by atoms with Gasteiger partial charge in [0.15, 0.2) is 0 Å². The summed E-state index contributed by atoms with van der Waals surface area (Å²) in [6, 6.07) is 17.7. The summed E-state index contributed by atoms with van der Waals surface area (Å²) in [6.07, 6.45) is 0. The van der Waals surface area contributed by atoms with Crippen LogP contribution in [-0.2, 0) is 0 Å². The quantitative estimate of drug-likeness (QED) is 0.452. The van der Waals surface area contributed by atoms with E-state index in [0.717, 1.165) is 10.4 Å². The number of hydrazone groups is 1. The van der Waals surface area contributed by atoms with E-state index in [0.29, 0.717) is 26.9 Å². The van der Waals surface area contributed by atoms with E-state index >= 15 is 0 Å². The van der Waals surface area contributed by atoms with Gasteiger partial charge in [0.2, 0.25) is 0 Å². The predicted molar refractivity (Wildman–Crippen MR) is 115 cm³/mol. The van der Waals surface area contributed by atoms with Gasteiger partial charge in [-0.05, 0) is 55.8 Å². The average Bonchev–Trinajstić information content (AvgIpc) is 3.13. The Morgan fingerprint density at radius 2 is 1.68 bits per heavy atom. The van der Waals surface area contributed by atoms with Crippen LogP contribution in [0.25, 0.3) is 0 Å². The molecule has 2 N–H and O–H groups in total. The number of benzene rings is 2. The number of halogens is 1. The lowest BCUT2D eigenvalue weighted by Gasteiger charge is -2.08. The van der Waals surface area contributed by atoms with E-state index in [1.54, 1.807) is 49.4 Å². The Balaban J connectivity index is 1.64. The summed E-state index contributed by atoms with van der Waals surface area (Å²) in [5.41, 5.74) is 5.10. The highest BCUT2D eigenvalue weighted by atomic mass is 35.5. The highest BCUT2D eigenvalue weighted by molar-refractivity contribution is 7.13. The van der Waals surface area contributed by atoms with Gasteiger partial charge in [0.1, 0.15) is 0 Å². The Morgan fingerprint density at radius 1 is 0.964 bits per heavy atom. The molecule has 0 saturated carbocycles. The molecule has 1 aromatic heterocycles. The van der Waals surface area contributed by atoms with Crippen molar-refractivity contribution in [2.45, 2.75) is 13.8 Å². The molecule has 142 valence electrons. The second-order valence-electron chi connectivity index (χ2n) is 6.06. The van der Waals surface area contributed by atoms with Gasteiger partial charge in [-0.1, -0.05) is 35.9 Å². The Hall–Kier alpha value is -2.96. The number of hydrogen-bond acceptors (Lipinski definition) is 4. The van der Waals surface area contributed by atoms with Crippen LogP contribution in [0.4, 0.5) is 5.69 Å². The molecule has 2 aromatic carbocycles. The number of carbonyl (C=O) groups is 2. The average molecular weight is 412 g/mol. The molecule has 7 heteroatoms. The molecule has 28 heavy (non-hydrogen) atoms. The van der Waals surface area contributed by atoms with Gasteiger partial charge in [-0.25, -0.2) is 5.43 Å². The summed E-state index contributed by atoms with van der Waals surface area (Å²) < 4.78 is 0. The molecule has 0 bridgehead atoms. The van der Waals surface area contributed by atoms with Gasteiger partial charge in [-0.15, -0.1) is 11.3 Å². The number of aryl methyl sites for hydroxylation is 1. The van der Waals surface area contributed by atoms with Crippen LogP contribution in [0.15, 0.2) is 65.8 Å². The Bertz CT molecular complexity index is 1040. The standard InChI is InChI=1S/C21H18ClN3O2S/c1-13-7-12-19(28-13)21(27)25-24-14(2)15-8-10-16(11-9-15)23-20(26)17-5-3-4-6-18(17)22/h3-12H,1-2H3,(H,23,26)(H,25,27)/b24-14-. The summed E-state index contributed by atoms with van der Waals surface area (Å²) in [5, 5.41) is 7.36. The highest BCUT2D eigenvalue weighted by Crippen LogP contribution is 2.18. The van der Waals surface area contributed by atoms with Crippen LogP contribution in [0.1, 0.15) is 37.4 Å². The van der Waals surface area contributed by atoms with E-state index in [4.69, 9.17) is 11.6 Å². The molecule has 0 aliphatic heterocycles. The zero-order valence-electron chi connectivity index (χ0n) is 15.3. The maximum atomic E-state index is 12.3. The Labute approximate surface area is 172 Å². The fraction of sp³-hybridized carbons (Fsp3) is 0.0952. The SMILES string of the molecule is C/C(=N/NC(=O)c1ccc(C)s1)c1ccc(NC(=O)c2ccccc2Cl)cc1. The first kappa shape index (κ1) is 19.8. The van der Waals surface area contributed by atoms with Crippen molar-refractivity contribution in [2.75, 3.05) is 5.32 Å². The van der Waals surface area contributed by atoms with Crippen LogP contribution < -0.4 is 10.7 Å². The highest BCUT2D eigenvalue weighted by Gasteiger charge is 2.10. The molecule has 0 unspecified atom stereocenters. The predicted octanol–water partition coefficient (Wildman–Crippen LogP) is 5.12. The smallest absolute Gasteiger partial charge is 0.281 e. The van der Waals surface area contributed by atoms with Gasteiger partial charge in [-0.2, -0.15) is 5.10 Å². The van der Waals surface area contributed by atoms with Gasteiger partial charge in [0, 0.05) is 10.6 Å². The van der Waals surface area contributed by atoms with Crippen LogP contribution >= 0.6 is 22.9 Å². The molecule has 3 aromatic rings. The van der Waals surface area contributed by atoms with Crippen LogP contribution in [0.3, 0.4) is 0 Å². The minimum absolute atomic E-state index is 0.235. The fourth-order valence-electron chi connectivity index (χ4n) is 2.45. The molecule has 0 aliphatic rings. The summed E-state index contributed by atoms with van der Waals surface area (Å²) in [7, 11) is 0. The Kier molecular flexibility index (Phi) is 6.23. The molecule has 1 heterocycles. The topological polar surface area (TPSA) is 70.6 Å². The van der Waals surface area contributed by atoms with E-state index in [9.17, 15) is 9.59 Å². The summed E-state index contributed by atoms with van der Waals surface area (Å²) in [6.45, 7) is 3.75. The monoisotopic (exact) mass is 411 g/mol. The minimum Gasteiger partial charge on any atom is -0.322 e. The molecular weight excluding hydrogens is 394 g/mol. The van der Waals surface area contributed by atoms with E-state index in [1.165, 1.54) is 11.3 Å². The second kappa shape index (κ2) is 8.82. The van der Waals surface area contributed by atoms with Gasteiger partial charge in [-0.3, -0.25) is 9.59 Å². The van der Waals surface area contributed by atoms with Gasteiger partial charge in [0.05, 0.1) is 21.2 Å². The minimum atomic E-state index is -0.276. The third-order valence-electron chi connectivity index (χ3n) is 3.97. The molecule has 0 spiro atoms. The van der Waals surface area contributed by atoms with E-state index in [1.807, 2.05) is 25.1 Å². The first-order chi connectivity index (χ1) is 13.4. The number of rotatable bonds is 5. The summed E-state index contributed by atoms with van der Waals surface area (Å²) in [4.78, 5) is 26.1. The third-order valence-corrected chi connectivity index (χ3v) is 5.30. The lowest BCUT2D eigenvalue weighted by Crippen LogP contribution is -2.18. The molecule has 0 fully saturated rings. The Morgan fingerprint density at radius 3 is 2.32 bits per heavy atom. The number of thiophene rings is 1. The molecule has 3 rings (SSSR count). The van der Waals surface area contributed by atoms with E-state index in [-0.39, 0.29) is 11.8 Å². The van der Waals surface area contributed by atoms with Crippen LogP contribution in [0.2, 0.25) is 5.02 Å². The molecule has 0 radical (unpaired) electrons. The van der Waals surface area contributed by atoms with Crippen LogP contribution in [-0.4, -0.2) is 17.5 Å². The number of carbonyl (C=O) groups excluding carboxylic acids is 2. The lowest BCUT2D eigenvalue weighted by molar-refractivity contribution is 0.0958. The first-order valence-electron chi connectivity index (χ1n) is 8.51. The van der Waals surface area contributed by atoms with Crippen molar-refractivity contribution >= 4 is 46.2 Å². The van der Waals surface area contributed by atoms with Crippen molar-refractivity contribution in [3.05, 3.63) is 86.6 Å². The van der Waals surface area contributed by atoms with Crippen LogP contribution in [0.5, 0.6) is 0 Å². The largest absolute Gasteiger partial charge is 0.322 e. The first-order valence-corrected chi connectivity index (χ1v) is 9.71.